The number of quaternary nitrogens is 1. The minimum absolute atomic E-state index is 0.176. The molecule has 3 rings (SSSR count). The van der Waals surface area contributed by atoms with Gasteiger partial charge in [0.25, 0.3) is 0 Å². The van der Waals surface area contributed by atoms with E-state index in [1.54, 1.807) is 4.90 Å². The molecule has 28 heavy (non-hydrogen) atoms. The molecule has 1 saturated heterocycles. The third-order valence-corrected chi connectivity index (χ3v) is 5.52. The van der Waals surface area contributed by atoms with Gasteiger partial charge in [-0.1, -0.05) is 11.3 Å². The molecule has 0 saturated carbocycles. The Morgan fingerprint density at radius 2 is 2.00 bits per heavy atom. The first-order valence-electron chi connectivity index (χ1n) is 9.35. The van der Waals surface area contributed by atoms with Gasteiger partial charge in [0.05, 0.1) is 44.0 Å². The number of nitrogens with one attached hydrogen (secondary N) is 1. The molecule has 1 fully saturated rings. The van der Waals surface area contributed by atoms with Gasteiger partial charge < -0.3 is 9.64 Å². The maximum atomic E-state index is 13.0. The zero-order valence-electron chi connectivity index (χ0n) is 16.4. The first-order chi connectivity index (χ1) is 13.4. The molecule has 2 heterocycles. The largest absolute Gasteiger partial charge is 0.494 e. The summed E-state index contributed by atoms with van der Waals surface area (Å²) >= 11 is 1.40. The van der Waals surface area contributed by atoms with Crippen molar-refractivity contribution in [2.75, 3.05) is 45.2 Å². The van der Waals surface area contributed by atoms with Crippen molar-refractivity contribution in [1.29, 1.82) is 0 Å². The second-order valence-corrected chi connectivity index (χ2v) is 7.94. The number of amides is 3. The second-order valence-electron chi connectivity index (χ2n) is 6.94. The predicted octanol–water partition coefficient (Wildman–Crippen LogP) is 0.321. The lowest BCUT2D eigenvalue weighted by Gasteiger charge is -2.23. The minimum atomic E-state index is -0.297. The number of ether oxygens (including phenoxy) is 1. The molecule has 3 amide bonds. The quantitative estimate of drug-likeness (QED) is 0.640. The number of carbonyl (C=O) groups is 3. The van der Waals surface area contributed by atoms with Crippen LogP contribution in [0.2, 0.25) is 0 Å². The standard InChI is InChI=1S/C19H24N4O4S/c1-4-27-13-5-6-14-15(11-13)28-19(20-14)22(10-9-21(2)3)18(26)12-23-16(24)7-8-17(23)25/h5-6,11H,4,7-10,12H2,1-3H3/p+1. The third-order valence-electron chi connectivity index (χ3n) is 4.48. The number of fused-ring (bicyclic) bond motifs is 1. The maximum absolute atomic E-state index is 13.0. The third kappa shape index (κ3) is 4.48. The Labute approximate surface area is 167 Å². The molecule has 0 spiro atoms. The Morgan fingerprint density at radius 1 is 1.29 bits per heavy atom. The molecule has 1 aliphatic rings. The van der Waals surface area contributed by atoms with Crippen molar-refractivity contribution in [3.8, 4) is 5.75 Å². The smallest absolute Gasteiger partial charge is 0.249 e. The van der Waals surface area contributed by atoms with Gasteiger partial charge in [-0.05, 0) is 25.1 Å². The van der Waals surface area contributed by atoms with Crippen LogP contribution in [0.4, 0.5) is 5.13 Å². The van der Waals surface area contributed by atoms with Gasteiger partial charge in [-0.25, -0.2) is 4.98 Å². The summed E-state index contributed by atoms with van der Waals surface area (Å²) in [5.74, 6) is -0.118. The van der Waals surface area contributed by atoms with E-state index in [1.807, 2.05) is 39.2 Å². The van der Waals surface area contributed by atoms with Gasteiger partial charge in [-0.15, -0.1) is 0 Å². The molecule has 1 aliphatic heterocycles. The van der Waals surface area contributed by atoms with Crippen molar-refractivity contribution in [2.24, 2.45) is 0 Å². The number of rotatable bonds is 8. The first-order valence-corrected chi connectivity index (χ1v) is 10.2. The van der Waals surface area contributed by atoms with Crippen LogP contribution in [0.5, 0.6) is 5.75 Å². The van der Waals surface area contributed by atoms with Crippen LogP contribution >= 0.6 is 11.3 Å². The summed E-state index contributed by atoms with van der Waals surface area (Å²) < 4.78 is 6.46. The molecule has 1 N–H and O–H groups in total. The van der Waals surface area contributed by atoms with E-state index >= 15 is 0 Å². The van der Waals surface area contributed by atoms with E-state index in [1.165, 1.54) is 16.2 Å². The zero-order chi connectivity index (χ0) is 20.3. The lowest BCUT2D eigenvalue weighted by molar-refractivity contribution is -0.856. The molecule has 150 valence electrons. The van der Waals surface area contributed by atoms with Gasteiger partial charge in [0.2, 0.25) is 17.7 Å². The van der Waals surface area contributed by atoms with Crippen LogP contribution in [-0.4, -0.2) is 67.9 Å². The van der Waals surface area contributed by atoms with Gasteiger partial charge in [-0.2, -0.15) is 0 Å². The normalized spacial score (nSPS) is 14.4. The van der Waals surface area contributed by atoms with E-state index in [0.29, 0.717) is 24.8 Å². The fourth-order valence-corrected chi connectivity index (χ4v) is 3.98. The van der Waals surface area contributed by atoms with Gasteiger partial charge in [-0.3, -0.25) is 24.2 Å². The fraction of sp³-hybridized carbons (Fsp3) is 0.474. The molecular formula is C19H25N4O4S+. The van der Waals surface area contributed by atoms with E-state index in [0.717, 1.165) is 20.9 Å². The first kappa shape index (κ1) is 20.2. The van der Waals surface area contributed by atoms with E-state index in [2.05, 4.69) is 4.98 Å². The average molecular weight is 406 g/mol. The Kier molecular flexibility index (Phi) is 6.25. The average Bonchev–Trinajstić information content (AvgIpc) is 3.19. The van der Waals surface area contributed by atoms with Gasteiger partial charge in [0, 0.05) is 12.8 Å². The number of aromatic nitrogens is 1. The number of hydrogen-bond acceptors (Lipinski definition) is 6. The van der Waals surface area contributed by atoms with Crippen molar-refractivity contribution >= 4 is 44.4 Å². The summed E-state index contributed by atoms with van der Waals surface area (Å²) in [5, 5.41) is 0.564. The molecule has 0 radical (unpaired) electrons. The van der Waals surface area contributed by atoms with Crippen molar-refractivity contribution in [1.82, 2.24) is 9.88 Å². The van der Waals surface area contributed by atoms with Gasteiger partial charge in [0.1, 0.15) is 12.3 Å². The van der Waals surface area contributed by atoms with E-state index in [-0.39, 0.29) is 37.1 Å². The molecule has 0 unspecified atom stereocenters. The number of nitrogens with zero attached hydrogens (tertiary/aromatic N) is 3. The van der Waals surface area contributed by atoms with E-state index in [9.17, 15) is 14.4 Å². The van der Waals surface area contributed by atoms with Crippen LogP contribution in [-0.2, 0) is 14.4 Å². The number of likely N-dealkylation sites (tertiary alicyclic amines) is 1. The summed E-state index contributed by atoms with van der Waals surface area (Å²) in [6.07, 6.45) is 0.352. The summed E-state index contributed by atoms with van der Waals surface area (Å²) in [7, 11) is 4.01. The predicted molar refractivity (Wildman–Crippen MR) is 107 cm³/mol. The number of hydrogen-bond donors (Lipinski definition) is 1. The Bertz CT molecular complexity index is 879. The number of anilines is 1. The second kappa shape index (κ2) is 8.66. The number of likely N-dealkylation sites (N-methyl/N-ethyl adjacent to an activating group) is 1. The molecule has 8 nitrogen and oxygen atoms in total. The van der Waals surface area contributed by atoms with Crippen molar-refractivity contribution < 1.29 is 24.0 Å². The maximum Gasteiger partial charge on any atom is 0.249 e. The topological polar surface area (TPSA) is 84.2 Å². The minimum Gasteiger partial charge on any atom is -0.494 e. The zero-order valence-corrected chi connectivity index (χ0v) is 17.2. The Morgan fingerprint density at radius 3 is 2.64 bits per heavy atom. The van der Waals surface area contributed by atoms with Crippen molar-refractivity contribution in [2.45, 2.75) is 19.8 Å². The van der Waals surface area contributed by atoms with Crippen molar-refractivity contribution in [3.05, 3.63) is 18.2 Å². The summed E-state index contributed by atoms with van der Waals surface area (Å²) in [6, 6.07) is 5.63. The lowest BCUT2D eigenvalue weighted by atomic mass is 10.3. The Hall–Kier alpha value is -2.52. The fourth-order valence-electron chi connectivity index (χ4n) is 2.95. The highest BCUT2D eigenvalue weighted by Crippen LogP contribution is 2.31. The summed E-state index contributed by atoms with van der Waals surface area (Å²) in [4.78, 5) is 45.2. The molecule has 1 aromatic heterocycles. The monoisotopic (exact) mass is 405 g/mol. The molecular weight excluding hydrogens is 380 g/mol. The summed E-state index contributed by atoms with van der Waals surface area (Å²) in [5.41, 5.74) is 0.784. The molecule has 0 atom stereocenters. The van der Waals surface area contributed by atoms with Crippen LogP contribution in [0.3, 0.4) is 0 Å². The van der Waals surface area contributed by atoms with E-state index < -0.39 is 0 Å². The van der Waals surface area contributed by atoms with Crippen LogP contribution in [0.15, 0.2) is 18.2 Å². The molecule has 1 aromatic carbocycles. The molecule has 9 heteroatoms. The highest BCUT2D eigenvalue weighted by molar-refractivity contribution is 7.22. The number of thiazole rings is 1. The highest BCUT2D eigenvalue weighted by atomic mass is 32.1. The van der Waals surface area contributed by atoms with Gasteiger partial charge >= 0.3 is 0 Å². The molecule has 0 bridgehead atoms. The molecule has 2 aromatic rings. The van der Waals surface area contributed by atoms with Crippen LogP contribution in [0.25, 0.3) is 10.2 Å². The number of benzene rings is 1. The number of carbonyl (C=O) groups excluding carboxylic acids is 3. The van der Waals surface area contributed by atoms with Gasteiger partial charge in [0.15, 0.2) is 5.13 Å². The highest BCUT2D eigenvalue weighted by Gasteiger charge is 2.33. The molecule has 0 aliphatic carbocycles. The SMILES string of the molecule is CCOc1ccc2nc(N(CC[NH+](C)C)C(=O)CN3C(=O)CCC3=O)sc2c1. The number of imide groups is 1. The van der Waals surface area contributed by atoms with E-state index in [4.69, 9.17) is 4.74 Å². The Balaban J connectivity index is 1.86. The van der Waals surface area contributed by atoms with Crippen LogP contribution in [0.1, 0.15) is 19.8 Å². The van der Waals surface area contributed by atoms with Crippen LogP contribution in [0, 0.1) is 0 Å². The lowest BCUT2D eigenvalue weighted by Crippen LogP contribution is -3.06. The van der Waals surface area contributed by atoms with Crippen molar-refractivity contribution in [3.63, 3.8) is 0 Å². The summed E-state index contributed by atoms with van der Waals surface area (Å²) in [6.45, 7) is 3.43. The van der Waals surface area contributed by atoms with Crippen LogP contribution < -0.4 is 14.5 Å².